The first-order valence-electron chi connectivity index (χ1n) is 9.78. The third-order valence-corrected chi connectivity index (χ3v) is 4.43. The van der Waals surface area contributed by atoms with Crippen LogP contribution in [0.4, 0.5) is 0 Å². The monoisotopic (exact) mass is 356 g/mol. The van der Waals surface area contributed by atoms with Crippen molar-refractivity contribution in [1.82, 2.24) is 16.0 Å². The normalized spacial score (nSPS) is 14.5. The summed E-state index contributed by atoms with van der Waals surface area (Å²) in [6, 6.07) is 10.2. The van der Waals surface area contributed by atoms with E-state index in [-0.39, 0.29) is 12.5 Å². The minimum atomic E-state index is -0.0480. The second-order valence-electron chi connectivity index (χ2n) is 6.57. The molecule has 5 nitrogen and oxygen atoms in total. The summed E-state index contributed by atoms with van der Waals surface area (Å²) >= 11 is 0. The Labute approximate surface area is 157 Å². The number of hydrogen-bond acceptors (Lipinski definition) is 2. The molecule has 0 spiro atoms. The van der Waals surface area contributed by atoms with Gasteiger partial charge in [-0.2, -0.15) is 0 Å². The molecule has 0 heterocycles. The average Bonchev–Trinajstić information content (AvgIpc) is 2.68. The Morgan fingerprint density at radius 3 is 2.58 bits per heavy atom. The van der Waals surface area contributed by atoms with Gasteiger partial charge in [0.2, 0.25) is 5.91 Å². The molecule has 0 saturated heterocycles. The van der Waals surface area contributed by atoms with Crippen molar-refractivity contribution >= 4 is 11.9 Å². The van der Waals surface area contributed by atoms with Gasteiger partial charge in [0.1, 0.15) is 6.54 Å². The summed E-state index contributed by atoms with van der Waals surface area (Å²) in [4.78, 5) is 16.4. The molecule has 0 atom stereocenters. The molecule has 0 saturated carbocycles. The Bertz CT molecular complexity index is 595. The summed E-state index contributed by atoms with van der Waals surface area (Å²) < 4.78 is 0. The number of amides is 1. The summed E-state index contributed by atoms with van der Waals surface area (Å²) in [5, 5.41) is 9.45. The second kappa shape index (κ2) is 12.1. The van der Waals surface area contributed by atoms with E-state index in [2.05, 4.69) is 39.2 Å². The molecule has 0 aliphatic heterocycles. The summed E-state index contributed by atoms with van der Waals surface area (Å²) in [5.74, 6) is 0.662. The molecule has 0 bridgehead atoms. The second-order valence-corrected chi connectivity index (χ2v) is 6.57. The molecule has 1 amide bonds. The molecule has 142 valence electrons. The first-order valence-corrected chi connectivity index (χ1v) is 9.78. The Morgan fingerprint density at radius 2 is 1.85 bits per heavy atom. The van der Waals surface area contributed by atoms with E-state index in [0.29, 0.717) is 12.5 Å². The quantitative estimate of drug-likeness (QED) is 0.362. The van der Waals surface area contributed by atoms with Crippen LogP contribution in [0.2, 0.25) is 0 Å². The van der Waals surface area contributed by atoms with Gasteiger partial charge in [0, 0.05) is 19.6 Å². The van der Waals surface area contributed by atoms with E-state index in [9.17, 15) is 4.79 Å². The number of carbonyl (C=O) groups excluding carboxylic acids is 1. The van der Waals surface area contributed by atoms with Crippen LogP contribution in [0.3, 0.4) is 0 Å². The van der Waals surface area contributed by atoms with Crippen molar-refractivity contribution < 1.29 is 4.79 Å². The van der Waals surface area contributed by atoms with E-state index in [0.717, 1.165) is 25.9 Å². The number of aliphatic imine (C=N–C) groups is 1. The highest BCUT2D eigenvalue weighted by Crippen LogP contribution is 2.19. The van der Waals surface area contributed by atoms with Gasteiger partial charge in [-0.05, 0) is 51.0 Å². The van der Waals surface area contributed by atoms with Gasteiger partial charge in [0.15, 0.2) is 5.96 Å². The van der Waals surface area contributed by atoms with E-state index in [1.165, 1.54) is 31.2 Å². The van der Waals surface area contributed by atoms with Crippen molar-refractivity contribution in [3.8, 4) is 0 Å². The molecular formula is C21H32N4O. The van der Waals surface area contributed by atoms with Gasteiger partial charge in [-0.15, -0.1) is 0 Å². The Hall–Kier alpha value is -2.30. The van der Waals surface area contributed by atoms with Crippen LogP contribution in [-0.2, 0) is 11.2 Å². The SMILES string of the molecule is CCNC(=NCC(=O)NCCc1ccccc1)NCCC1=CCCCC1. The lowest BCUT2D eigenvalue weighted by Crippen LogP contribution is -2.39. The van der Waals surface area contributed by atoms with Crippen molar-refractivity contribution in [2.45, 2.75) is 45.4 Å². The van der Waals surface area contributed by atoms with Crippen LogP contribution in [0.5, 0.6) is 0 Å². The Morgan fingerprint density at radius 1 is 1.04 bits per heavy atom. The average molecular weight is 357 g/mol. The molecule has 0 unspecified atom stereocenters. The van der Waals surface area contributed by atoms with Crippen molar-refractivity contribution in [3.63, 3.8) is 0 Å². The third-order valence-electron chi connectivity index (χ3n) is 4.43. The summed E-state index contributed by atoms with van der Waals surface area (Å²) in [5.41, 5.74) is 2.77. The number of benzene rings is 1. The van der Waals surface area contributed by atoms with Crippen LogP contribution < -0.4 is 16.0 Å². The van der Waals surface area contributed by atoms with E-state index in [1.807, 2.05) is 25.1 Å². The maximum absolute atomic E-state index is 12.0. The minimum Gasteiger partial charge on any atom is -0.357 e. The van der Waals surface area contributed by atoms with Crippen LogP contribution in [0.1, 0.15) is 44.6 Å². The highest BCUT2D eigenvalue weighted by atomic mass is 16.1. The molecule has 26 heavy (non-hydrogen) atoms. The van der Waals surface area contributed by atoms with Gasteiger partial charge in [-0.1, -0.05) is 42.0 Å². The predicted octanol–water partition coefficient (Wildman–Crippen LogP) is 2.79. The fraction of sp³-hybridized carbons (Fsp3) is 0.524. The van der Waals surface area contributed by atoms with E-state index in [4.69, 9.17) is 0 Å². The van der Waals surface area contributed by atoms with Crippen molar-refractivity contribution in [2.75, 3.05) is 26.2 Å². The number of hydrogen-bond donors (Lipinski definition) is 3. The largest absolute Gasteiger partial charge is 0.357 e. The van der Waals surface area contributed by atoms with Crippen molar-refractivity contribution in [2.24, 2.45) is 4.99 Å². The zero-order valence-electron chi connectivity index (χ0n) is 15.9. The molecule has 0 fully saturated rings. The molecule has 1 aromatic rings. The number of rotatable bonds is 9. The molecular weight excluding hydrogens is 324 g/mol. The van der Waals surface area contributed by atoms with Gasteiger partial charge in [-0.3, -0.25) is 4.79 Å². The molecule has 2 rings (SSSR count). The van der Waals surface area contributed by atoms with Crippen LogP contribution in [0, 0.1) is 0 Å². The lowest BCUT2D eigenvalue weighted by Gasteiger charge is -2.15. The van der Waals surface area contributed by atoms with Crippen LogP contribution in [0.15, 0.2) is 47.0 Å². The number of carbonyl (C=O) groups is 1. The lowest BCUT2D eigenvalue weighted by molar-refractivity contribution is -0.119. The van der Waals surface area contributed by atoms with Crippen molar-refractivity contribution in [3.05, 3.63) is 47.5 Å². The topological polar surface area (TPSA) is 65.5 Å². The maximum Gasteiger partial charge on any atom is 0.241 e. The molecule has 0 aromatic heterocycles. The number of nitrogens with one attached hydrogen (secondary N) is 3. The molecule has 1 aromatic carbocycles. The summed E-state index contributed by atoms with van der Waals surface area (Å²) in [7, 11) is 0. The Kier molecular flexibility index (Phi) is 9.33. The summed E-state index contributed by atoms with van der Waals surface area (Å²) in [6.07, 6.45) is 9.32. The number of allylic oxidation sites excluding steroid dienone is 1. The highest BCUT2D eigenvalue weighted by molar-refractivity contribution is 5.84. The van der Waals surface area contributed by atoms with Gasteiger partial charge >= 0.3 is 0 Å². The molecule has 3 N–H and O–H groups in total. The van der Waals surface area contributed by atoms with Crippen molar-refractivity contribution in [1.29, 1.82) is 0 Å². The van der Waals surface area contributed by atoms with Gasteiger partial charge in [-0.25, -0.2) is 4.99 Å². The first-order chi connectivity index (χ1) is 12.8. The molecule has 1 aliphatic rings. The lowest BCUT2D eigenvalue weighted by atomic mass is 9.97. The van der Waals surface area contributed by atoms with Gasteiger partial charge in [0.25, 0.3) is 0 Å². The standard InChI is InChI=1S/C21H32N4O/c1-2-22-21(24-16-14-19-11-7-4-8-12-19)25-17-20(26)23-15-13-18-9-5-3-6-10-18/h3,5-6,9-11H,2,4,7-8,12-17H2,1H3,(H,23,26)(H2,22,24,25). The predicted molar refractivity (Wildman–Crippen MR) is 108 cm³/mol. The summed E-state index contributed by atoms with van der Waals surface area (Å²) in [6.45, 7) is 4.45. The zero-order valence-corrected chi connectivity index (χ0v) is 15.9. The fourth-order valence-corrected chi connectivity index (χ4v) is 3.01. The van der Waals surface area contributed by atoms with E-state index < -0.39 is 0 Å². The minimum absolute atomic E-state index is 0.0480. The maximum atomic E-state index is 12.0. The number of nitrogens with zero attached hydrogens (tertiary/aromatic N) is 1. The molecule has 1 aliphatic carbocycles. The Balaban J connectivity index is 1.67. The van der Waals surface area contributed by atoms with Gasteiger partial charge in [0.05, 0.1) is 0 Å². The fourth-order valence-electron chi connectivity index (χ4n) is 3.01. The van der Waals surface area contributed by atoms with Crippen LogP contribution in [-0.4, -0.2) is 38.0 Å². The molecule has 0 radical (unpaired) electrons. The van der Waals surface area contributed by atoms with E-state index in [1.54, 1.807) is 5.57 Å². The zero-order chi connectivity index (χ0) is 18.5. The van der Waals surface area contributed by atoms with Crippen LogP contribution >= 0.6 is 0 Å². The van der Waals surface area contributed by atoms with Gasteiger partial charge < -0.3 is 16.0 Å². The van der Waals surface area contributed by atoms with Crippen LogP contribution in [0.25, 0.3) is 0 Å². The number of guanidine groups is 1. The molecule has 5 heteroatoms. The highest BCUT2D eigenvalue weighted by Gasteiger charge is 2.05. The smallest absolute Gasteiger partial charge is 0.241 e. The third kappa shape index (κ3) is 8.19. The van der Waals surface area contributed by atoms with E-state index >= 15 is 0 Å². The first kappa shape index (κ1) is 20.0.